The molecular weight excluding hydrogens is 356 g/mol. The van der Waals surface area contributed by atoms with Gasteiger partial charge in [-0.1, -0.05) is 30.3 Å². The SMILES string of the molecule is CC(=O)C1=C(C)Oc2ncn3nc(-c4ccco4)nc3c2[C@H]1c1ccccc1. The summed E-state index contributed by atoms with van der Waals surface area (Å²) in [5.74, 6) is 1.60. The lowest BCUT2D eigenvalue weighted by Gasteiger charge is -2.28. The number of ether oxygens (including phenoxy) is 1. The number of nitrogens with zero attached hydrogens (tertiary/aromatic N) is 4. The summed E-state index contributed by atoms with van der Waals surface area (Å²) in [6, 6.07) is 13.4. The van der Waals surface area contributed by atoms with Crippen molar-refractivity contribution in [3.63, 3.8) is 0 Å². The third-order valence-electron chi connectivity index (χ3n) is 4.85. The van der Waals surface area contributed by atoms with Gasteiger partial charge in [-0.05, 0) is 31.5 Å². The van der Waals surface area contributed by atoms with Gasteiger partial charge in [-0.2, -0.15) is 0 Å². The Kier molecular flexibility index (Phi) is 3.61. The second kappa shape index (κ2) is 6.16. The molecule has 0 unspecified atom stereocenters. The Hall–Kier alpha value is -3.74. The second-order valence-electron chi connectivity index (χ2n) is 6.62. The Morgan fingerprint density at radius 1 is 1.14 bits per heavy atom. The second-order valence-corrected chi connectivity index (χ2v) is 6.62. The maximum Gasteiger partial charge on any atom is 0.228 e. The normalized spacial score (nSPS) is 16.1. The van der Waals surface area contributed by atoms with E-state index in [0.717, 1.165) is 11.1 Å². The van der Waals surface area contributed by atoms with Crippen molar-refractivity contribution < 1.29 is 13.9 Å². The molecule has 4 aromatic rings. The molecule has 0 amide bonds. The van der Waals surface area contributed by atoms with Crippen LogP contribution in [-0.2, 0) is 4.79 Å². The van der Waals surface area contributed by atoms with E-state index in [1.165, 1.54) is 0 Å². The smallest absolute Gasteiger partial charge is 0.228 e. The zero-order valence-corrected chi connectivity index (χ0v) is 15.3. The van der Waals surface area contributed by atoms with Crippen LogP contribution in [0.4, 0.5) is 0 Å². The van der Waals surface area contributed by atoms with Gasteiger partial charge in [0, 0.05) is 11.5 Å². The summed E-state index contributed by atoms with van der Waals surface area (Å²) in [7, 11) is 0. The summed E-state index contributed by atoms with van der Waals surface area (Å²) in [5, 5.41) is 4.47. The number of hydrogen-bond acceptors (Lipinski definition) is 6. The Morgan fingerprint density at radius 2 is 1.96 bits per heavy atom. The van der Waals surface area contributed by atoms with Crippen molar-refractivity contribution in [3.8, 4) is 17.5 Å². The van der Waals surface area contributed by atoms with Crippen molar-refractivity contribution >= 4 is 11.4 Å². The van der Waals surface area contributed by atoms with Crippen LogP contribution >= 0.6 is 0 Å². The highest BCUT2D eigenvalue weighted by Gasteiger charge is 2.35. The number of rotatable bonds is 3. The van der Waals surface area contributed by atoms with Gasteiger partial charge < -0.3 is 9.15 Å². The third-order valence-corrected chi connectivity index (χ3v) is 4.85. The zero-order chi connectivity index (χ0) is 19.3. The molecule has 3 aromatic heterocycles. The van der Waals surface area contributed by atoms with Gasteiger partial charge in [-0.25, -0.2) is 14.5 Å². The largest absolute Gasteiger partial charge is 0.461 e. The summed E-state index contributed by atoms with van der Waals surface area (Å²) in [6.45, 7) is 3.34. The molecule has 0 saturated carbocycles. The van der Waals surface area contributed by atoms with Gasteiger partial charge in [0.25, 0.3) is 0 Å². The van der Waals surface area contributed by atoms with Crippen LogP contribution < -0.4 is 4.74 Å². The van der Waals surface area contributed by atoms with Crippen molar-refractivity contribution in [2.75, 3.05) is 0 Å². The van der Waals surface area contributed by atoms with E-state index in [-0.39, 0.29) is 11.7 Å². The lowest BCUT2D eigenvalue weighted by Crippen LogP contribution is -2.22. The summed E-state index contributed by atoms with van der Waals surface area (Å²) in [4.78, 5) is 21.6. The number of carbonyl (C=O) groups is 1. The minimum Gasteiger partial charge on any atom is -0.461 e. The van der Waals surface area contributed by atoms with Crippen LogP contribution in [0.5, 0.6) is 5.88 Å². The van der Waals surface area contributed by atoms with Crippen LogP contribution in [0, 0.1) is 0 Å². The maximum absolute atomic E-state index is 12.5. The molecule has 4 heterocycles. The number of aromatic nitrogens is 4. The number of carbonyl (C=O) groups excluding carboxylic acids is 1. The van der Waals surface area contributed by atoms with E-state index < -0.39 is 0 Å². The Balaban J connectivity index is 1.80. The maximum atomic E-state index is 12.5. The van der Waals surface area contributed by atoms with E-state index in [1.54, 1.807) is 43.1 Å². The molecule has 1 aromatic carbocycles. The molecule has 0 N–H and O–H groups in total. The average molecular weight is 372 g/mol. The van der Waals surface area contributed by atoms with E-state index >= 15 is 0 Å². The average Bonchev–Trinajstić information content (AvgIpc) is 3.36. The molecule has 138 valence electrons. The quantitative estimate of drug-likeness (QED) is 0.544. The first kappa shape index (κ1) is 16.4. The fourth-order valence-corrected chi connectivity index (χ4v) is 3.68. The Bertz CT molecular complexity index is 1220. The molecule has 7 heteroatoms. The van der Waals surface area contributed by atoms with Gasteiger partial charge in [0.2, 0.25) is 11.7 Å². The molecule has 5 rings (SSSR count). The third kappa shape index (κ3) is 2.44. The first-order chi connectivity index (χ1) is 13.6. The number of allylic oxidation sites excluding steroid dienone is 2. The molecule has 0 radical (unpaired) electrons. The molecule has 0 aliphatic carbocycles. The van der Waals surface area contributed by atoms with Crippen LogP contribution in [0.15, 0.2) is 70.8 Å². The predicted molar refractivity (Wildman–Crippen MR) is 101 cm³/mol. The zero-order valence-electron chi connectivity index (χ0n) is 15.3. The molecule has 28 heavy (non-hydrogen) atoms. The van der Waals surface area contributed by atoms with Crippen molar-refractivity contribution in [1.29, 1.82) is 0 Å². The summed E-state index contributed by atoms with van der Waals surface area (Å²) < 4.78 is 12.9. The van der Waals surface area contributed by atoms with Crippen molar-refractivity contribution in [2.45, 2.75) is 19.8 Å². The molecule has 0 spiro atoms. The van der Waals surface area contributed by atoms with Gasteiger partial charge in [0.1, 0.15) is 12.1 Å². The van der Waals surface area contributed by atoms with E-state index in [0.29, 0.717) is 34.4 Å². The number of furan rings is 1. The van der Waals surface area contributed by atoms with E-state index in [4.69, 9.17) is 9.15 Å². The number of fused-ring (bicyclic) bond motifs is 3. The van der Waals surface area contributed by atoms with Crippen LogP contribution in [0.2, 0.25) is 0 Å². The van der Waals surface area contributed by atoms with E-state index in [1.807, 2.05) is 30.3 Å². The fraction of sp³-hybridized carbons (Fsp3) is 0.143. The molecule has 7 nitrogen and oxygen atoms in total. The monoisotopic (exact) mass is 372 g/mol. The topological polar surface area (TPSA) is 82.5 Å². The predicted octanol–water partition coefficient (Wildman–Crippen LogP) is 3.77. The minimum absolute atomic E-state index is 0.0511. The minimum atomic E-state index is -0.340. The molecule has 1 aliphatic heterocycles. The standard InChI is InChI=1S/C21H16N4O3/c1-12(26)16-13(2)28-21-18(17(16)14-7-4-3-5-8-14)20-23-19(15-9-6-10-27-15)24-25(20)11-22-21/h3-11,17H,1-2H3/t17-/m0/s1. The Morgan fingerprint density at radius 3 is 2.68 bits per heavy atom. The number of Topliss-reactive ketones (excluding diaryl/α,β-unsaturated/α-hetero) is 1. The summed E-state index contributed by atoms with van der Waals surface area (Å²) >= 11 is 0. The van der Waals surface area contributed by atoms with Crippen molar-refractivity contribution in [3.05, 3.63) is 77.5 Å². The van der Waals surface area contributed by atoms with E-state index in [9.17, 15) is 4.79 Å². The van der Waals surface area contributed by atoms with Crippen LogP contribution in [0.1, 0.15) is 30.9 Å². The highest BCUT2D eigenvalue weighted by Crippen LogP contribution is 2.44. The molecule has 0 fully saturated rings. The number of ketones is 1. The first-order valence-electron chi connectivity index (χ1n) is 8.87. The summed E-state index contributed by atoms with van der Waals surface area (Å²) in [5.41, 5.74) is 2.86. The van der Waals surface area contributed by atoms with E-state index in [2.05, 4.69) is 15.1 Å². The van der Waals surface area contributed by atoms with Gasteiger partial charge in [-0.3, -0.25) is 4.79 Å². The first-order valence-corrected chi connectivity index (χ1v) is 8.87. The molecule has 1 aliphatic rings. The molecule has 0 bridgehead atoms. The molecule has 0 saturated heterocycles. The van der Waals surface area contributed by atoms with Gasteiger partial charge in [-0.15, -0.1) is 5.10 Å². The van der Waals surface area contributed by atoms with Crippen LogP contribution in [0.3, 0.4) is 0 Å². The van der Waals surface area contributed by atoms with Crippen LogP contribution in [-0.4, -0.2) is 25.4 Å². The van der Waals surface area contributed by atoms with Crippen molar-refractivity contribution in [2.24, 2.45) is 0 Å². The molecule has 1 atom stereocenters. The Labute approximate surface area is 160 Å². The summed E-state index contributed by atoms with van der Waals surface area (Å²) in [6.07, 6.45) is 3.13. The fourth-order valence-electron chi connectivity index (χ4n) is 3.68. The highest BCUT2D eigenvalue weighted by molar-refractivity contribution is 5.97. The van der Waals surface area contributed by atoms with Gasteiger partial charge in [0.05, 0.1) is 11.8 Å². The lowest BCUT2D eigenvalue weighted by atomic mass is 9.82. The van der Waals surface area contributed by atoms with Gasteiger partial charge >= 0.3 is 0 Å². The lowest BCUT2D eigenvalue weighted by molar-refractivity contribution is -0.114. The molecular formula is C21H16N4O3. The van der Waals surface area contributed by atoms with Crippen LogP contribution in [0.25, 0.3) is 17.2 Å². The highest BCUT2D eigenvalue weighted by atomic mass is 16.5. The van der Waals surface area contributed by atoms with Crippen molar-refractivity contribution in [1.82, 2.24) is 19.6 Å². The number of benzene rings is 1. The van der Waals surface area contributed by atoms with Gasteiger partial charge in [0.15, 0.2) is 17.2 Å². The number of hydrogen-bond donors (Lipinski definition) is 0.